The van der Waals surface area contributed by atoms with Crippen molar-refractivity contribution in [2.75, 3.05) is 42.8 Å². The predicted octanol–water partition coefficient (Wildman–Crippen LogP) is 3.10. The first-order valence-electron chi connectivity index (χ1n) is 10.2. The van der Waals surface area contributed by atoms with Gasteiger partial charge < -0.3 is 26.0 Å². The summed E-state index contributed by atoms with van der Waals surface area (Å²) in [6.45, 7) is 4.84. The van der Waals surface area contributed by atoms with E-state index in [-0.39, 0.29) is 30.2 Å². The van der Waals surface area contributed by atoms with Gasteiger partial charge in [-0.15, -0.1) is 0 Å². The van der Waals surface area contributed by atoms with E-state index in [0.29, 0.717) is 30.1 Å². The average Bonchev–Trinajstić information content (AvgIpc) is 2.75. The van der Waals surface area contributed by atoms with Crippen molar-refractivity contribution < 1.29 is 19.1 Å². The van der Waals surface area contributed by atoms with Crippen molar-refractivity contribution in [1.29, 1.82) is 0 Å². The Morgan fingerprint density at radius 2 is 1.61 bits per heavy atom. The third kappa shape index (κ3) is 8.47. The second kappa shape index (κ2) is 12.3. The molecule has 2 rings (SSSR count). The highest BCUT2D eigenvalue weighted by Gasteiger charge is 2.09. The van der Waals surface area contributed by atoms with Gasteiger partial charge in [-0.1, -0.05) is 19.9 Å². The molecule has 0 unspecified atom stereocenters. The van der Waals surface area contributed by atoms with E-state index in [1.807, 2.05) is 13.8 Å². The fourth-order valence-corrected chi connectivity index (χ4v) is 2.61. The average molecular weight is 427 g/mol. The number of nitrogens with one attached hydrogen (secondary N) is 4. The highest BCUT2D eigenvalue weighted by atomic mass is 16.5. The molecule has 0 aromatic heterocycles. The molecule has 0 fully saturated rings. The molecule has 4 N–H and O–H groups in total. The zero-order chi connectivity index (χ0) is 22.6. The molecule has 8 nitrogen and oxygen atoms in total. The zero-order valence-corrected chi connectivity index (χ0v) is 18.2. The maximum Gasteiger partial charge on any atom is 0.251 e. The molecular weight excluding hydrogens is 396 g/mol. The summed E-state index contributed by atoms with van der Waals surface area (Å²) < 4.78 is 4.95. The summed E-state index contributed by atoms with van der Waals surface area (Å²) in [5.74, 6) is -0.593. The Hall–Kier alpha value is -3.39. The molecule has 0 atom stereocenters. The first-order valence-corrected chi connectivity index (χ1v) is 10.2. The number of amides is 3. The fraction of sp³-hybridized carbons (Fsp3) is 0.348. The van der Waals surface area contributed by atoms with Crippen LogP contribution in [0.4, 0.5) is 17.1 Å². The first kappa shape index (κ1) is 23.9. The Balaban J connectivity index is 1.81. The van der Waals surface area contributed by atoms with Crippen molar-refractivity contribution in [3.8, 4) is 0 Å². The summed E-state index contributed by atoms with van der Waals surface area (Å²) in [5.41, 5.74) is 2.49. The highest BCUT2D eigenvalue weighted by molar-refractivity contribution is 5.96. The van der Waals surface area contributed by atoms with Crippen molar-refractivity contribution in [3.63, 3.8) is 0 Å². The standard InChI is InChI=1S/C23H30N4O4/c1-16(2)22(29)27-20-7-4-6-19(14-20)26-21(28)15-25-18-10-8-17(9-11-18)23(30)24-12-5-13-31-3/h4,6-11,14,16,25H,5,12-13,15H2,1-3H3,(H,24,30)(H,26,28)(H,27,29). The number of hydrogen-bond acceptors (Lipinski definition) is 5. The van der Waals surface area contributed by atoms with Crippen molar-refractivity contribution >= 4 is 34.8 Å². The van der Waals surface area contributed by atoms with Gasteiger partial charge in [-0.2, -0.15) is 0 Å². The van der Waals surface area contributed by atoms with E-state index in [4.69, 9.17) is 4.74 Å². The van der Waals surface area contributed by atoms with Crippen LogP contribution in [0.2, 0.25) is 0 Å². The monoisotopic (exact) mass is 426 g/mol. The maximum atomic E-state index is 12.2. The van der Waals surface area contributed by atoms with Crippen molar-refractivity contribution in [1.82, 2.24) is 5.32 Å². The van der Waals surface area contributed by atoms with Crippen LogP contribution in [0.1, 0.15) is 30.6 Å². The van der Waals surface area contributed by atoms with Gasteiger partial charge in [0.1, 0.15) is 0 Å². The van der Waals surface area contributed by atoms with Crippen LogP contribution in [-0.2, 0) is 14.3 Å². The highest BCUT2D eigenvalue weighted by Crippen LogP contribution is 2.16. The number of carbonyl (C=O) groups excluding carboxylic acids is 3. The summed E-state index contributed by atoms with van der Waals surface area (Å²) in [7, 11) is 1.62. The topological polar surface area (TPSA) is 109 Å². The zero-order valence-electron chi connectivity index (χ0n) is 18.2. The lowest BCUT2D eigenvalue weighted by Crippen LogP contribution is -2.25. The second-order valence-corrected chi connectivity index (χ2v) is 7.31. The van der Waals surface area contributed by atoms with Gasteiger partial charge in [0.2, 0.25) is 11.8 Å². The molecule has 0 radical (unpaired) electrons. The lowest BCUT2D eigenvalue weighted by atomic mass is 10.2. The summed E-state index contributed by atoms with van der Waals surface area (Å²) in [6.07, 6.45) is 0.754. The van der Waals surface area contributed by atoms with Gasteiger partial charge in [-0.25, -0.2) is 0 Å². The lowest BCUT2D eigenvalue weighted by molar-refractivity contribution is -0.119. The molecular formula is C23H30N4O4. The lowest BCUT2D eigenvalue weighted by Gasteiger charge is -2.11. The normalized spacial score (nSPS) is 10.5. The Labute approximate surface area is 182 Å². The molecule has 0 saturated heterocycles. The van der Waals surface area contributed by atoms with Gasteiger partial charge >= 0.3 is 0 Å². The molecule has 166 valence electrons. The summed E-state index contributed by atoms with van der Waals surface area (Å²) in [5, 5.41) is 11.4. The molecule has 31 heavy (non-hydrogen) atoms. The minimum atomic E-state index is -0.229. The van der Waals surface area contributed by atoms with E-state index in [1.165, 1.54) is 0 Å². The van der Waals surface area contributed by atoms with Gasteiger partial charge in [-0.3, -0.25) is 14.4 Å². The molecule has 0 spiro atoms. The van der Waals surface area contributed by atoms with Gasteiger partial charge in [0, 0.05) is 48.8 Å². The van der Waals surface area contributed by atoms with Crippen LogP contribution < -0.4 is 21.3 Å². The van der Waals surface area contributed by atoms with E-state index in [9.17, 15) is 14.4 Å². The molecule has 2 aromatic carbocycles. The van der Waals surface area contributed by atoms with Crippen LogP contribution in [0.25, 0.3) is 0 Å². The summed E-state index contributed by atoms with van der Waals surface area (Å²) in [4.78, 5) is 36.1. The van der Waals surface area contributed by atoms with Crippen molar-refractivity contribution in [3.05, 3.63) is 54.1 Å². The van der Waals surface area contributed by atoms with Gasteiger partial charge in [0.05, 0.1) is 6.54 Å². The van der Waals surface area contributed by atoms with E-state index < -0.39 is 0 Å². The number of rotatable bonds is 11. The number of hydrogen-bond donors (Lipinski definition) is 4. The van der Waals surface area contributed by atoms with Crippen molar-refractivity contribution in [2.45, 2.75) is 20.3 Å². The fourth-order valence-electron chi connectivity index (χ4n) is 2.61. The molecule has 2 aromatic rings. The quantitative estimate of drug-likeness (QED) is 0.413. The minimum Gasteiger partial charge on any atom is -0.385 e. The van der Waals surface area contributed by atoms with Crippen LogP contribution in [0.15, 0.2) is 48.5 Å². The van der Waals surface area contributed by atoms with Gasteiger partial charge in [-0.05, 0) is 48.9 Å². The predicted molar refractivity (Wildman–Crippen MR) is 122 cm³/mol. The number of ether oxygens (including phenoxy) is 1. The molecule has 0 heterocycles. The molecule has 0 aliphatic carbocycles. The van der Waals surface area contributed by atoms with E-state index in [1.54, 1.807) is 55.6 Å². The van der Waals surface area contributed by atoms with Crippen LogP contribution in [0.3, 0.4) is 0 Å². The Morgan fingerprint density at radius 3 is 2.26 bits per heavy atom. The maximum absolute atomic E-state index is 12.2. The number of benzene rings is 2. The van der Waals surface area contributed by atoms with Crippen LogP contribution in [-0.4, -0.2) is 44.5 Å². The molecule has 0 aliphatic rings. The van der Waals surface area contributed by atoms with E-state index in [0.717, 1.165) is 12.1 Å². The van der Waals surface area contributed by atoms with E-state index in [2.05, 4.69) is 21.3 Å². The van der Waals surface area contributed by atoms with Crippen LogP contribution >= 0.6 is 0 Å². The Morgan fingerprint density at radius 1 is 0.935 bits per heavy atom. The van der Waals surface area contributed by atoms with Gasteiger partial charge in [0.15, 0.2) is 0 Å². The number of carbonyl (C=O) groups is 3. The first-order chi connectivity index (χ1) is 14.9. The van der Waals surface area contributed by atoms with E-state index >= 15 is 0 Å². The molecule has 0 saturated carbocycles. The summed E-state index contributed by atoms with van der Waals surface area (Å²) >= 11 is 0. The van der Waals surface area contributed by atoms with Gasteiger partial charge in [0.25, 0.3) is 5.91 Å². The SMILES string of the molecule is COCCCNC(=O)c1ccc(NCC(=O)Nc2cccc(NC(=O)C(C)C)c2)cc1. The molecule has 3 amide bonds. The van der Waals surface area contributed by atoms with Crippen LogP contribution in [0.5, 0.6) is 0 Å². The summed E-state index contributed by atoms with van der Waals surface area (Å²) in [6, 6.07) is 13.9. The molecule has 0 aliphatic heterocycles. The third-order valence-electron chi connectivity index (χ3n) is 4.35. The minimum absolute atomic E-state index is 0.0607. The van der Waals surface area contributed by atoms with Crippen molar-refractivity contribution in [2.24, 2.45) is 5.92 Å². The third-order valence-corrected chi connectivity index (χ3v) is 4.35. The Kier molecular flexibility index (Phi) is 9.51. The van der Waals surface area contributed by atoms with Crippen LogP contribution in [0, 0.1) is 5.92 Å². The molecule has 8 heteroatoms. The number of methoxy groups -OCH3 is 1. The smallest absolute Gasteiger partial charge is 0.251 e. The second-order valence-electron chi connectivity index (χ2n) is 7.31. The number of anilines is 3. The largest absolute Gasteiger partial charge is 0.385 e. The Bertz CT molecular complexity index is 881. The molecule has 0 bridgehead atoms.